The van der Waals surface area contributed by atoms with Crippen LogP contribution in [0.25, 0.3) is 0 Å². The van der Waals surface area contributed by atoms with E-state index in [-0.39, 0.29) is 5.91 Å². The van der Waals surface area contributed by atoms with E-state index in [2.05, 4.69) is 6.07 Å². The number of hydrogen-bond donors (Lipinski definition) is 1. The maximum atomic E-state index is 12.6. The van der Waals surface area contributed by atoms with Crippen LogP contribution in [-0.4, -0.2) is 23.9 Å². The van der Waals surface area contributed by atoms with Crippen LogP contribution in [-0.2, 0) is 11.3 Å². The van der Waals surface area contributed by atoms with Crippen molar-refractivity contribution >= 4 is 5.91 Å². The van der Waals surface area contributed by atoms with E-state index in [9.17, 15) is 4.79 Å². The maximum absolute atomic E-state index is 12.6. The predicted molar refractivity (Wildman–Crippen MR) is 79.7 cm³/mol. The minimum atomic E-state index is -0.530. The monoisotopic (exact) mass is 273 g/mol. The number of nitriles is 1. The maximum Gasteiger partial charge on any atom is 0.230 e. The molecular weight excluding hydrogens is 250 g/mol. The van der Waals surface area contributed by atoms with Crippen molar-refractivity contribution in [1.82, 2.24) is 4.90 Å². The van der Waals surface area contributed by atoms with Gasteiger partial charge in [0.2, 0.25) is 5.91 Å². The molecule has 0 aliphatic heterocycles. The van der Waals surface area contributed by atoms with Gasteiger partial charge in [-0.05, 0) is 31.9 Å². The number of nitrogens with zero attached hydrogens (tertiary/aromatic N) is 2. The third kappa shape index (κ3) is 3.37. The van der Waals surface area contributed by atoms with Gasteiger partial charge in [-0.1, -0.05) is 25.1 Å². The standard InChI is InChI=1S/C16H23N3O/c1-4-16(3,12-18)15(20)19(5-2)11-14-9-7-6-8-13(14)10-17/h6-9H,4-5,11-12,18H2,1-3H3. The lowest BCUT2D eigenvalue weighted by atomic mass is 9.86. The van der Waals surface area contributed by atoms with Crippen LogP contribution in [0.1, 0.15) is 38.3 Å². The Bertz CT molecular complexity index is 501. The van der Waals surface area contributed by atoms with Gasteiger partial charge in [0, 0.05) is 19.6 Å². The van der Waals surface area contributed by atoms with Gasteiger partial charge in [0.25, 0.3) is 0 Å². The average molecular weight is 273 g/mol. The SMILES string of the molecule is CCN(Cc1ccccc1C#N)C(=O)C(C)(CC)CN. The molecule has 0 bridgehead atoms. The van der Waals surface area contributed by atoms with Crippen molar-refractivity contribution in [2.24, 2.45) is 11.1 Å². The summed E-state index contributed by atoms with van der Waals surface area (Å²) in [5.41, 5.74) is 6.72. The van der Waals surface area contributed by atoms with Crippen molar-refractivity contribution in [3.63, 3.8) is 0 Å². The zero-order valence-electron chi connectivity index (χ0n) is 12.5. The van der Waals surface area contributed by atoms with Crippen molar-refractivity contribution in [2.75, 3.05) is 13.1 Å². The summed E-state index contributed by atoms with van der Waals surface area (Å²) in [5, 5.41) is 9.12. The molecule has 4 heteroatoms. The topological polar surface area (TPSA) is 70.1 Å². The quantitative estimate of drug-likeness (QED) is 0.864. The second-order valence-corrected chi connectivity index (χ2v) is 5.21. The molecule has 0 aliphatic rings. The van der Waals surface area contributed by atoms with E-state index < -0.39 is 5.41 Å². The van der Waals surface area contributed by atoms with Gasteiger partial charge in [-0.3, -0.25) is 4.79 Å². The minimum Gasteiger partial charge on any atom is -0.338 e. The predicted octanol–water partition coefficient (Wildman–Crippen LogP) is 2.28. The van der Waals surface area contributed by atoms with E-state index in [1.165, 1.54) is 0 Å². The van der Waals surface area contributed by atoms with E-state index in [0.717, 1.165) is 5.56 Å². The van der Waals surface area contributed by atoms with E-state index >= 15 is 0 Å². The minimum absolute atomic E-state index is 0.0535. The fourth-order valence-electron chi connectivity index (χ4n) is 2.06. The summed E-state index contributed by atoms with van der Waals surface area (Å²) in [6, 6.07) is 9.55. The Morgan fingerprint density at radius 1 is 1.40 bits per heavy atom. The molecule has 1 atom stereocenters. The van der Waals surface area contributed by atoms with E-state index in [1.54, 1.807) is 11.0 Å². The van der Waals surface area contributed by atoms with Crippen LogP contribution >= 0.6 is 0 Å². The van der Waals surface area contributed by atoms with Gasteiger partial charge in [-0.25, -0.2) is 0 Å². The molecule has 20 heavy (non-hydrogen) atoms. The molecule has 1 amide bonds. The molecule has 0 aliphatic carbocycles. The zero-order valence-corrected chi connectivity index (χ0v) is 12.5. The highest BCUT2D eigenvalue weighted by Crippen LogP contribution is 2.24. The number of rotatable bonds is 6. The number of benzene rings is 1. The normalized spacial score (nSPS) is 13.3. The van der Waals surface area contributed by atoms with Crippen molar-refractivity contribution in [3.05, 3.63) is 35.4 Å². The first-order valence-electron chi connectivity index (χ1n) is 6.99. The van der Waals surface area contributed by atoms with Crippen molar-refractivity contribution < 1.29 is 4.79 Å². The Kier molecular flexibility index (Phi) is 5.72. The molecule has 4 nitrogen and oxygen atoms in total. The molecular formula is C16H23N3O. The van der Waals surface area contributed by atoms with E-state index in [0.29, 0.717) is 31.6 Å². The fraction of sp³-hybridized carbons (Fsp3) is 0.500. The van der Waals surface area contributed by atoms with Crippen LogP contribution < -0.4 is 5.73 Å². The van der Waals surface area contributed by atoms with Crippen LogP contribution in [0.15, 0.2) is 24.3 Å². The summed E-state index contributed by atoms with van der Waals surface area (Å²) >= 11 is 0. The summed E-state index contributed by atoms with van der Waals surface area (Å²) in [7, 11) is 0. The molecule has 0 aromatic heterocycles. The highest BCUT2D eigenvalue weighted by molar-refractivity contribution is 5.82. The molecule has 1 aromatic rings. The van der Waals surface area contributed by atoms with Crippen LogP contribution in [0.2, 0.25) is 0 Å². The molecule has 1 aromatic carbocycles. The second kappa shape index (κ2) is 7.06. The first-order valence-corrected chi connectivity index (χ1v) is 6.99. The number of nitrogens with two attached hydrogens (primary N) is 1. The molecule has 0 saturated heterocycles. The molecule has 2 N–H and O–H groups in total. The Morgan fingerprint density at radius 3 is 2.55 bits per heavy atom. The van der Waals surface area contributed by atoms with Crippen molar-refractivity contribution in [2.45, 2.75) is 33.7 Å². The number of hydrogen-bond acceptors (Lipinski definition) is 3. The smallest absolute Gasteiger partial charge is 0.230 e. The molecule has 108 valence electrons. The third-order valence-electron chi connectivity index (χ3n) is 3.92. The summed E-state index contributed by atoms with van der Waals surface area (Å²) in [6.45, 7) is 7.21. The highest BCUT2D eigenvalue weighted by Gasteiger charge is 2.33. The van der Waals surface area contributed by atoms with Crippen LogP contribution in [0.5, 0.6) is 0 Å². The largest absolute Gasteiger partial charge is 0.338 e. The first kappa shape index (κ1) is 16.2. The van der Waals surface area contributed by atoms with Crippen LogP contribution in [0.3, 0.4) is 0 Å². The van der Waals surface area contributed by atoms with E-state index in [4.69, 9.17) is 11.0 Å². The van der Waals surface area contributed by atoms with Crippen molar-refractivity contribution in [1.29, 1.82) is 5.26 Å². The third-order valence-corrected chi connectivity index (χ3v) is 3.92. The molecule has 0 fully saturated rings. The first-order chi connectivity index (χ1) is 9.52. The molecule has 0 saturated carbocycles. The summed E-state index contributed by atoms with van der Waals surface area (Å²) in [6.07, 6.45) is 0.707. The van der Waals surface area contributed by atoms with Crippen molar-refractivity contribution in [3.8, 4) is 6.07 Å². The second-order valence-electron chi connectivity index (χ2n) is 5.21. The lowest BCUT2D eigenvalue weighted by molar-refractivity contribution is -0.141. The molecule has 0 radical (unpaired) electrons. The lowest BCUT2D eigenvalue weighted by Gasteiger charge is -2.32. The highest BCUT2D eigenvalue weighted by atomic mass is 16.2. The molecule has 1 rings (SSSR count). The van der Waals surface area contributed by atoms with Gasteiger partial charge < -0.3 is 10.6 Å². The van der Waals surface area contributed by atoms with Gasteiger partial charge in [-0.2, -0.15) is 5.26 Å². The Hall–Kier alpha value is -1.86. The average Bonchev–Trinajstić information content (AvgIpc) is 2.51. The zero-order chi connectivity index (χ0) is 15.2. The van der Waals surface area contributed by atoms with Gasteiger partial charge >= 0.3 is 0 Å². The van der Waals surface area contributed by atoms with Crippen LogP contribution in [0.4, 0.5) is 0 Å². The van der Waals surface area contributed by atoms with Gasteiger partial charge in [0.15, 0.2) is 0 Å². The Labute approximate surface area is 121 Å². The summed E-state index contributed by atoms with van der Waals surface area (Å²) in [4.78, 5) is 14.4. The number of carbonyl (C=O) groups excluding carboxylic acids is 1. The lowest BCUT2D eigenvalue weighted by Crippen LogP contribution is -2.45. The van der Waals surface area contributed by atoms with Gasteiger partial charge in [0.05, 0.1) is 17.0 Å². The summed E-state index contributed by atoms with van der Waals surface area (Å²) < 4.78 is 0. The fourth-order valence-corrected chi connectivity index (χ4v) is 2.06. The van der Waals surface area contributed by atoms with Gasteiger partial charge in [0.1, 0.15) is 0 Å². The van der Waals surface area contributed by atoms with Gasteiger partial charge in [-0.15, -0.1) is 0 Å². The number of carbonyl (C=O) groups is 1. The Balaban J connectivity index is 2.98. The molecule has 1 unspecified atom stereocenters. The number of amides is 1. The Morgan fingerprint density at radius 2 is 2.05 bits per heavy atom. The molecule has 0 heterocycles. The molecule has 0 spiro atoms. The van der Waals surface area contributed by atoms with E-state index in [1.807, 2.05) is 39.0 Å². The summed E-state index contributed by atoms with van der Waals surface area (Å²) in [5.74, 6) is 0.0535. The van der Waals surface area contributed by atoms with Crippen LogP contribution in [0, 0.1) is 16.7 Å².